The summed E-state index contributed by atoms with van der Waals surface area (Å²) in [4.78, 5) is 0. The van der Waals surface area contributed by atoms with Gasteiger partial charge in [0.05, 0.1) is 24.4 Å². The van der Waals surface area contributed by atoms with Crippen LogP contribution in [0, 0.1) is 5.41 Å². The minimum Gasteiger partial charge on any atom is -0.394 e. The smallest absolute Gasteiger partial charge is 0.0827 e. The fourth-order valence-electron chi connectivity index (χ4n) is 1.67. The Morgan fingerprint density at radius 2 is 1.95 bits per heavy atom. The van der Waals surface area contributed by atoms with Gasteiger partial charge in [-0.1, -0.05) is 26.0 Å². The molecule has 0 fully saturated rings. The number of aryl methyl sites for hydroxylation is 1. The van der Waals surface area contributed by atoms with Crippen molar-refractivity contribution in [3.63, 3.8) is 0 Å². The van der Waals surface area contributed by atoms with E-state index in [1.54, 1.807) is 0 Å². The molecule has 0 aliphatic carbocycles. The van der Waals surface area contributed by atoms with Gasteiger partial charge in [-0.05, 0) is 24.7 Å². The molecule has 0 bridgehead atoms. The second-order valence-electron chi connectivity index (χ2n) is 6.10. The predicted octanol–water partition coefficient (Wildman–Crippen LogP) is 0.329. The van der Waals surface area contributed by atoms with Crippen molar-refractivity contribution < 1.29 is 10.2 Å². The lowest BCUT2D eigenvalue weighted by atomic mass is 9.90. The molecule has 1 aromatic rings. The fraction of sp³-hybridized carbons (Fsp3) is 0.846. The third-order valence-corrected chi connectivity index (χ3v) is 3.64. The van der Waals surface area contributed by atoms with E-state index in [0.717, 1.165) is 18.7 Å². The molecular formula is C13H26N4O2. The number of aliphatic hydroxyl groups excluding tert-OH is 2. The molecule has 0 atom stereocenters. The SMILES string of the molecule is CCC(C)(C)Cn1cc(CCC(N)(CO)CO)nn1. The molecule has 110 valence electrons. The summed E-state index contributed by atoms with van der Waals surface area (Å²) < 4.78 is 1.84. The molecule has 6 heteroatoms. The molecule has 19 heavy (non-hydrogen) atoms. The molecule has 1 heterocycles. The van der Waals surface area contributed by atoms with E-state index in [2.05, 4.69) is 31.1 Å². The van der Waals surface area contributed by atoms with Crippen molar-refractivity contribution in [2.75, 3.05) is 13.2 Å². The maximum absolute atomic E-state index is 9.13. The summed E-state index contributed by atoms with van der Waals surface area (Å²) in [6.07, 6.45) is 4.07. The highest BCUT2D eigenvalue weighted by atomic mass is 16.3. The minimum atomic E-state index is -0.938. The van der Waals surface area contributed by atoms with Gasteiger partial charge in [0.25, 0.3) is 0 Å². The van der Waals surface area contributed by atoms with Crippen LogP contribution in [-0.2, 0) is 13.0 Å². The Bertz CT molecular complexity index is 386. The number of nitrogens with two attached hydrogens (primary N) is 1. The van der Waals surface area contributed by atoms with Crippen LogP contribution in [0.2, 0.25) is 0 Å². The summed E-state index contributed by atoms with van der Waals surface area (Å²) in [5.74, 6) is 0. The summed E-state index contributed by atoms with van der Waals surface area (Å²) in [6, 6.07) is 0. The number of aromatic nitrogens is 3. The van der Waals surface area contributed by atoms with Gasteiger partial charge in [-0.2, -0.15) is 0 Å². The highest BCUT2D eigenvalue weighted by Gasteiger charge is 2.23. The van der Waals surface area contributed by atoms with Crippen LogP contribution in [0.3, 0.4) is 0 Å². The molecule has 6 nitrogen and oxygen atoms in total. The van der Waals surface area contributed by atoms with E-state index in [1.807, 2.05) is 10.9 Å². The Morgan fingerprint density at radius 3 is 2.47 bits per heavy atom. The van der Waals surface area contributed by atoms with Crippen molar-refractivity contribution in [2.45, 2.75) is 52.1 Å². The summed E-state index contributed by atoms with van der Waals surface area (Å²) in [5, 5.41) is 26.5. The van der Waals surface area contributed by atoms with Gasteiger partial charge >= 0.3 is 0 Å². The lowest BCUT2D eigenvalue weighted by Crippen LogP contribution is -2.47. The second kappa shape index (κ2) is 6.45. The molecule has 0 aliphatic rings. The van der Waals surface area contributed by atoms with Gasteiger partial charge in [-0.3, -0.25) is 4.68 Å². The molecule has 0 radical (unpaired) electrons. The Hall–Kier alpha value is -0.980. The molecule has 0 saturated heterocycles. The number of rotatable bonds is 8. The Kier molecular flexibility index (Phi) is 5.46. The van der Waals surface area contributed by atoms with Gasteiger partial charge in [0.1, 0.15) is 0 Å². The van der Waals surface area contributed by atoms with Gasteiger partial charge in [0.2, 0.25) is 0 Å². The van der Waals surface area contributed by atoms with Crippen LogP contribution in [0.4, 0.5) is 0 Å². The standard InChI is InChI=1S/C13H26N4O2/c1-4-12(2,3)8-17-7-11(15-16-17)5-6-13(14,9-18)10-19/h7,18-19H,4-6,8-10,14H2,1-3H3. The average Bonchev–Trinajstić information content (AvgIpc) is 2.83. The van der Waals surface area contributed by atoms with E-state index in [-0.39, 0.29) is 18.6 Å². The molecular weight excluding hydrogens is 244 g/mol. The van der Waals surface area contributed by atoms with Crippen LogP contribution in [-0.4, -0.2) is 44.0 Å². The van der Waals surface area contributed by atoms with E-state index in [4.69, 9.17) is 15.9 Å². The van der Waals surface area contributed by atoms with Crippen LogP contribution >= 0.6 is 0 Å². The molecule has 1 rings (SSSR count). The third kappa shape index (κ3) is 4.89. The molecule has 0 saturated carbocycles. The second-order valence-corrected chi connectivity index (χ2v) is 6.10. The highest BCUT2D eigenvalue weighted by molar-refractivity contribution is 4.96. The Balaban J connectivity index is 2.56. The molecule has 4 N–H and O–H groups in total. The van der Waals surface area contributed by atoms with E-state index < -0.39 is 5.54 Å². The maximum Gasteiger partial charge on any atom is 0.0827 e. The first-order valence-corrected chi connectivity index (χ1v) is 6.74. The first-order chi connectivity index (χ1) is 8.84. The van der Waals surface area contributed by atoms with Crippen LogP contribution in [0.5, 0.6) is 0 Å². The van der Waals surface area contributed by atoms with E-state index in [9.17, 15) is 0 Å². The van der Waals surface area contributed by atoms with Crippen LogP contribution in [0.1, 0.15) is 39.3 Å². The van der Waals surface area contributed by atoms with Crippen molar-refractivity contribution in [3.8, 4) is 0 Å². The zero-order valence-electron chi connectivity index (χ0n) is 12.1. The number of aliphatic hydroxyl groups is 2. The summed E-state index contributed by atoms with van der Waals surface area (Å²) in [6.45, 7) is 6.89. The van der Waals surface area contributed by atoms with Crippen LogP contribution in [0.15, 0.2) is 6.20 Å². The lowest BCUT2D eigenvalue weighted by molar-refractivity contribution is 0.114. The summed E-state index contributed by atoms with van der Waals surface area (Å²) in [7, 11) is 0. The van der Waals surface area contributed by atoms with Gasteiger partial charge in [0, 0.05) is 12.7 Å². The zero-order valence-corrected chi connectivity index (χ0v) is 12.1. The van der Waals surface area contributed by atoms with Crippen molar-refractivity contribution in [3.05, 3.63) is 11.9 Å². The van der Waals surface area contributed by atoms with Crippen LogP contribution in [0.25, 0.3) is 0 Å². The van der Waals surface area contributed by atoms with Crippen molar-refractivity contribution >= 4 is 0 Å². The first-order valence-electron chi connectivity index (χ1n) is 6.74. The lowest BCUT2D eigenvalue weighted by Gasteiger charge is -2.23. The predicted molar refractivity (Wildman–Crippen MR) is 73.5 cm³/mol. The van der Waals surface area contributed by atoms with E-state index >= 15 is 0 Å². The number of nitrogens with zero attached hydrogens (tertiary/aromatic N) is 3. The largest absolute Gasteiger partial charge is 0.394 e. The molecule has 0 aromatic carbocycles. The van der Waals surface area contributed by atoms with Gasteiger partial charge < -0.3 is 15.9 Å². The maximum atomic E-state index is 9.13. The molecule has 0 aliphatic heterocycles. The quantitative estimate of drug-likeness (QED) is 0.632. The van der Waals surface area contributed by atoms with Gasteiger partial charge in [-0.15, -0.1) is 5.10 Å². The summed E-state index contributed by atoms with van der Waals surface area (Å²) >= 11 is 0. The van der Waals surface area contributed by atoms with Gasteiger partial charge in [0.15, 0.2) is 0 Å². The van der Waals surface area contributed by atoms with Crippen molar-refractivity contribution in [1.29, 1.82) is 0 Å². The number of hydrogen-bond donors (Lipinski definition) is 3. The minimum absolute atomic E-state index is 0.193. The van der Waals surface area contributed by atoms with E-state index in [1.165, 1.54) is 0 Å². The topological polar surface area (TPSA) is 97.2 Å². The molecule has 1 aromatic heterocycles. The Labute approximate surface area is 114 Å². The Morgan fingerprint density at radius 1 is 1.32 bits per heavy atom. The first kappa shape index (κ1) is 16.1. The van der Waals surface area contributed by atoms with Crippen molar-refractivity contribution in [1.82, 2.24) is 15.0 Å². The van der Waals surface area contributed by atoms with Crippen LogP contribution < -0.4 is 5.73 Å². The van der Waals surface area contributed by atoms with Gasteiger partial charge in [-0.25, -0.2) is 0 Å². The number of hydrogen-bond acceptors (Lipinski definition) is 5. The average molecular weight is 270 g/mol. The third-order valence-electron chi connectivity index (χ3n) is 3.64. The zero-order chi connectivity index (χ0) is 14.5. The monoisotopic (exact) mass is 270 g/mol. The molecule has 0 spiro atoms. The fourth-order valence-corrected chi connectivity index (χ4v) is 1.67. The molecule has 0 unspecified atom stereocenters. The van der Waals surface area contributed by atoms with E-state index in [0.29, 0.717) is 12.8 Å². The summed E-state index contributed by atoms with van der Waals surface area (Å²) in [5.41, 5.74) is 5.91. The molecule has 0 amide bonds. The highest BCUT2D eigenvalue weighted by Crippen LogP contribution is 2.21. The normalized spacial score (nSPS) is 12.9. The van der Waals surface area contributed by atoms with Crippen molar-refractivity contribution in [2.24, 2.45) is 11.1 Å².